The van der Waals surface area contributed by atoms with Crippen molar-refractivity contribution in [1.29, 1.82) is 0 Å². The van der Waals surface area contributed by atoms with Crippen LogP contribution in [0.15, 0.2) is 72.0 Å². The van der Waals surface area contributed by atoms with Crippen molar-refractivity contribution in [3.8, 4) is 5.69 Å². The number of rotatable bonds is 4. The predicted octanol–water partition coefficient (Wildman–Crippen LogP) is 12.2. The third-order valence-electron chi connectivity index (χ3n) is 8.49. The first-order chi connectivity index (χ1) is 24.0. The summed E-state index contributed by atoms with van der Waals surface area (Å²) in [7, 11) is 0. The Morgan fingerprint density at radius 1 is 0.642 bits per heavy atom. The van der Waals surface area contributed by atoms with Crippen LogP contribution in [0.25, 0.3) is 27.7 Å². The Morgan fingerprint density at radius 3 is 1.47 bits per heavy atom. The number of para-hydroxylation sites is 1. The maximum Gasteiger partial charge on any atom is 0.419 e. The maximum absolute atomic E-state index is 14.8. The Morgan fingerprint density at radius 2 is 1.06 bits per heavy atom. The van der Waals surface area contributed by atoms with Gasteiger partial charge < -0.3 is 9.67 Å². The molecule has 0 fully saturated rings. The zero-order valence-corrected chi connectivity index (χ0v) is 26.8. The van der Waals surface area contributed by atoms with Crippen molar-refractivity contribution in [2.45, 2.75) is 51.7 Å². The molecule has 1 aliphatic rings. The highest BCUT2D eigenvalue weighted by molar-refractivity contribution is 6.43. The predicted molar refractivity (Wildman–Crippen MR) is 160 cm³/mol. The second-order valence-corrected chi connectivity index (χ2v) is 11.9. The van der Waals surface area contributed by atoms with Gasteiger partial charge in [0.2, 0.25) is 5.78 Å². The summed E-state index contributed by atoms with van der Waals surface area (Å²) in [5.74, 6) is -2.00. The lowest BCUT2D eigenvalue weighted by Gasteiger charge is -2.31. The number of carbonyl (C=O) groups is 1. The molecule has 0 saturated heterocycles. The van der Waals surface area contributed by atoms with Gasteiger partial charge >= 0.3 is 30.9 Å². The first kappa shape index (κ1) is 39.1. The van der Waals surface area contributed by atoms with E-state index in [1.165, 1.54) is 13.0 Å². The number of benzene rings is 3. The summed E-state index contributed by atoms with van der Waals surface area (Å²) in [5.41, 5.74) is -25.7. The molecule has 0 saturated carbocycles. The molecule has 4 aromatic rings. The van der Waals surface area contributed by atoms with Crippen LogP contribution in [0.4, 0.5) is 65.9 Å². The van der Waals surface area contributed by atoms with Gasteiger partial charge in [0.15, 0.2) is 0 Å². The zero-order chi connectivity index (χ0) is 40.1. The number of nitrogens with zero attached hydrogens (tertiary/aromatic N) is 1. The quantitative estimate of drug-likeness (QED) is 0.166. The molecule has 0 unspecified atom stereocenters. The van der Waals surface area contributed by atoms with Gasteiger partial charge in [0.05, 0.1) is 50.2 Å². The molecule has 0 aliphatic heterocycles. The van der Waals surface area contributed by atoms with Crippen LogP contribution in [0.2, 0.25) is 0 Å². The lowest BCUT2D eigenvalue weighted by atomic mass is 9.76. The number of fused-ring (bicyclic) bond motifs is 1. The first-order valence-corrected chi connectivity index (χ1v) is 14.7. The Balaban J connectivity index is 2.09. The van der Waals surface area contributed by atoms with Crippen LogP contribution in [-0.4, -0.2) is 15.5 Å². The Bertz CT molecular complexity index is 2230. The van der Waals surface area contributed by atoms with Gasteiger partial charge in [-0.25, -0.2) is 0 Å². The molecule has 0 atom stereocenters. The van der Waals surface area contributed by atoms with Crippen LogP contribution in [0.3, 0.4) is 0 Å². The fraction of sp³-hybridized carbons (Fsp3) is 0.229. The summed E-state index contributed by atoms with van der Waals surface area (Å²) in [6.45, 7) is 7.44. The molecule has 1 aromatic heterocycles. The van der Waals surface area contributed by atoms with E-state index in [0.29, 0.717) is 24.1 Å². The van der Waals surface area contributed by atoms with Crippen LogP contribution in [0.1, 0.15) is 57.1 Å². The van der Waals surface area contributed by atoms with Gasteiger partial charge in [-0.05, 0) is 49.1 Å². The fourth-order valence-corrected chi connectivity index (χ4v) is 6.63. The second-order valence-electron chi connectivity index (χ2n) is 11.9. The van der Waals surface area contributed by atoms with E-state index < -0.39 is 109 Å². The van der Waals surface area contributed by atoms with Gasteiger partial charge in [-0.2, -0.15) is 65.9 Å². The number of aliphatic hydroxyl groups is 1. The maximum atomic E-state index is 14.8. The minimum Gasteiger partial charge on any atom is -0.506 e. The van der Waals surface area contributed by atoms with Crippen molar-refractivity contribution in [3.05, 3.63) is 122 Å². The molecule has 53 heavy (non-hydrogen) atoms. The molecule has 5 rings (SSSR count). The van der Waals surface area contributed by atoms with E-state index in [9.17, 15) is 75.8 Å². The second kappa shape index (κ2) is 12.2. The largest absolute Gasteiger partial charge is 0.506 e. The number of hydrogen-bond acceptors (Lipinski definition) is 2. The third kappa shape index (κ3) is 6.24. The lowest BCUT2D eigenvalue weighted by Crippen LogP contribution is -2.33. The summed E-state index contributed by atoms with van der Waals surface area (Å²) >= 11 is 0. The number of Topliss-reactive ketones (excluding diaryl/α,β-unsaturated/α-hetero) is 1. The molecule has 1 heterocycles. The van der Waals surface area contributed by atoms with E-state index in [4.69, 9.17) is 0 Å². The average molecular weight is 772 g/mol. The smallest absolute Gasteiger partial charge is 0.419 e. The molecular formula is C35H20F15NO2. The number of carbonyl (C=O) groups excluding carboxylic acids is 1. The van der Waals surface area contributed by atoms with Crippen LogP contribution >= 0.6 is 0 Å². The summed E-state index contributed by atoms with van der Waals surface area (Å²) in [5, 5.41) is 10.7. The van der Waals surface area contributed by atoms with E-state index in [-0.39, 0.29) is 15.7 Å². The Kier molecular flexibility index (Phi) is 8.99. The molecule has 18 heteroatoms. The molecule has 0 bridgehead atoms. The minimum atomic E-state index is -7.07. The number of hydrogen-bond donors (Lipinski definition) is 1. The fourth-order valence-electron chi connectivity index (χ4n) is 6.63. The van der Waals surface area contributed by atoms with Crippen molar-refractivity contribution in [1.82, 2.24) is 4.57 Å². The molecule has 1 aliphatic carbocycles. The molecule has 282 valence electrons. The van der Waals surface area contributed by atoms with Gasteiger partial charge in [0, 0.05) is 16.6 Å². The lowest BCUT2D eigenvalue weighted by molar-refractivity contribution is -0.188. The topological polar surface area (TPSA) is 42.2 Å². The van der Waals surface area contributed by atoms with Crippen LogP contribution in [0.5, 0.6) is 0 Å². The van der Waals surface area contributed by atoms with Gasteiger partial charge in [-0.1, -0.05) is 49.0 Å². The molecule has 3 nitrogen and oxygen atoms in total. The SMILES string of the molecule is C=C(C)/C(=C1/C(=O)C(c2c(C)n(-c3c(C(F)(F)F)c(C(F)(F)F)c(C(F)(F)F)c(C(F)(F)F)c3C(F)(F)F)c3ccccc23)=C1O)c1ccccc1C. The third-order valence-corrected chi connectivity index (χ3v) is 8.49. The van der Waals surface area contributed by atoms with Gasteiger partial charge in [0.1, 0.15) is 5.76 Å². The number of alkyl halides is 15. The van der Waals surface area contributed by atoms with Crippen molar-refractivity contribution in [2.75, 3.05) is 0 Å². The Hall–Kier alpha value is -5.16. The number of aryl methyl sites for hydroxylation is 1. The minimum absolute atomic E-state index is 0.0573. The summed E-state index contributed by atoms with van der Waals surface area (Å²) in [6, 6.07) is 9.90. The van der Waals surface area contributed by atoms with Crippen molar-refractivity contribution in [3.63, 3.8) is 0 Å². The van der Waals surface area contributed by atoms with Crippen LogP contribution in [0, 0.1) is 13.8 Å². The van der Waals surface area contributed by atoms with E-state index in [0.717, 1.165) is 18.2 Å². The highest BCUT2D eigenvalue weighted by Crippen LogP contribution is 2.58. The molecule has 3 aromatic carbocycles. The summed E-state index contributed by atoms with van der Waals surface area (Å²) < 4.78 is 217. The average Bonchev–Trinajstić information content (AvgIpc) is 3.27. The van der Waals surface area contributed by atoms with E-state index >= 15 is 0 Å². The van der Waals surface area contributed by atoms with Crippen molar-refractivity contribution < 1.29 is 75.8 Å². The zero-order valence-electron chi connectivity index (χ0n) is 26.8. The number of aromatic nitrogens is 1. The van der Waals surface area contributed by atoms with Gasteiger partial charge in [0.25, 0.3) is 0 Å². The van der Waals surface area contributed by atoms with Gasteiger partial charge in [-0.3, -0.25) is 4.79 Å². The number of halogens is 15. The Labute approximate surface area is 287 Å². The van der Waals surface area contributed by atoms with Crippen molar-refractivity contribution in [2.24, 2.45) is 0 Å². The molecule has 0 spiro atoms. The number of ketones is 1. The highest BCUT2D eigenvalue weighted by Gasteiger charge is 2.61. The van der Waals surface area contributed by atoms with E-state index in [1.807, 2.05) is 0 Å². The molecule has 0 amide bonds. The van der Waals surface area contributed by atoms with E-state index in [2.05, 4.69) is 6.58 Å². The summed E-state index contributed by atoms with van der Waals surface area (Å²) in [6.07, 6.45) is -34.7. The highest BCUT2D eigenvalue weighted by atomic mass is 19.4. The molecule has 1 N–H and O–H groups in total. The normalized spacial score (nSPS) is 15.7. The number of allylic oxidation sites excluding steroid dienone is 4. The van der Waals surface area contributed by atoms with Crippen molar-refractivity contribution >= 4 is 27.8 Å². The van der Waals surface area contributed by atoms with Crippen LogP contribution in [-0.2, 0) is 35.7 Å². The number of aliphatic hydroxyl groups excluding tert-OH is 1. The van der Waals surface area contributed by atoms with E-state index in [1.54, 1.807) is 25.1 Å². The van der Waals surface area contributed by atoms with Crippen LogP contribution < -0.4 is 0 Å². The monoisotopic (exact) mass is 771 g/mol. The summed E-state index contributed by atoms with van der Waals surface area (Å²) in [4.78, 5) is 13.8. The first-order valence-electron chi connectivity index (χ1n) is 14.7. The van der Waals surface area contributed by atoms with Gasteiger partial charge in [-0.15, -0.1) is 0 Å². The standard InChI is InChI=1S/C35H20F15NO2/c1-13(2)19(16-10-6-5-9-14(16)3)21-29(52)22(30(21)53)20-15(4)51(18-12-8-7-11-17(18)20)28-26(34(45,46)47)24(32(39,40)41)23(31(36,37)38)25(33(42,43)44)27(28)35(48,49)50/h5-12,52H,1H2,2-4H3/b21-19-. The molecular weight excluding hydrogens is 751 g/mol. The molecule has 0 radical (unpaired) electrons.